The van der Waals surface area contributed by atoms with Crippen LogP contribution in [-0.2, 0) is 6.54 Å². The Balaban J connectivity index is 1.71. The first-order chi connectivity index (χ1) is 9.13. The maximum absolute atomic E-state index is 12.0. The molecule has 106 valence electrons. The van der Waals surface area contributed by atoms with Crippen LogP contribution in [0.4, 0.5) is 8.78 Å². The molecule has 1 aliphatic heterocycles. The highest BCUT2D eigenvalue weighted by molar-refractivity contribution is 5.27. The zero-order valence-electron chi connectivity index (χ0n) is 11.1. The Morgan fingerprint density at radius 2 is 2.11 bits per heavy atom. The highest BCUT2D eigenvalue weighted by Gasteiger charge is 2.18. The molecule has 1 saturated heterocycles. The van der Waals surface area contributed by atoms with Gasteiger partial charge in [-0.2, -0.15) is 8.78 Å². The molecule has 0 saturated carbocycles. The predicted octanol–water partition coefficient (Wildman–Crippen LogP) is 2.33. The van der Waals surface area contributed by atoms with Gasteiger partial charge in [0.05, 0.1) is 0 Å². The molecule has 0 aliphatic carbocycles. The summed E-state index contributed by atoms with van der Waals surface area (Å²) in [5.74, 6) is 0.919. The average molecular weight is 270 g/mol. The van der Waals surface area contributed by atoms with Crippen molar-refractivity contribution in [2.24, 2.45) is 5.92 Å². The number of likely N-dealkylation sites (tertiary alicyclic amines) is 1. The van der Waals surface area contributed by atoms with Crippen molar-refractivity contribution in [3.63, 3.8) is 0 Å². The Kier molecular flexibility index (Phi) is 5.10. The second-order valence-corrected chi connectivity index (χ2v) is 5.07. The molecule has 1 fully saturated rings. The SMILES string of the molecule is CN1CCC(CNCc2ccc(OC(F)F)cc2)C1. The molecule has 0 bridgehead atoms. The smallest absolute Gasteiger partial charge is 0.387 e. The Hall–Kier alpha value is -1.20. The lowest BCUT2D eigenvalue weighted by molar-refractivity contribution is -0.0498. The Morgan fingerprint density at radius 3 is 2.68 bits per heavy atom. The molecule has 2 rings (SSSR count). The lowest BCUT2D eigenvalue weighted by Gasteiger charge is -2.12. The van der Waals surface area contributed by atoms with Gasteiger partial charge in [0.15, 0.2) is 0 Å². The number of nitrogens with zero attached hydrogens (tertiary/aromatic N) is 1. The lowest BCUT2D eigenvalue weighted by Crippen LogP contribution is -2.24. The molecule has 1 heterocycles. The van der Waals surface area contributed by atoms with Crippen molar-refractivity contribution in [2.75, 3.05) is 26.7 Å². The fourth-order valence-electron chi connectivity index (χ4n) is 2.40. The fraction of sp³-hybridized carbons (Fsp3) is 0.571. The van der Waals surface area contributed by atoms with Crippen LogP contribution in [0.25, 0.3) is 0 Å². The van der Waals surface area contributed by atoms with Gasteiger partial charge < -0.3 is 15.0 Å². The van der Waals surface area contributed by atoms with Crippen LogP contribution in [0.5, 0.6) is 5.75 Å². The first-order valence-electron chi connectivity index (χ1n) is 6.56. The maximum Gasteiger partial charge on any atom is 0.387 e. The van der Waals surface area contributed by atoms with E-state index in [0.29, 0.717) is 5.92 Å². The van der Waals surface area contributed by atoms with Gasteiger partial charge >= 0.3 is 6.61 Å². The van der Waals surface area contributed by atoms with Crippen molar-refractivity contribution in [2.45, 2.75) is 19.6 Å². The van der Waals surface area contributed by atoms with Gasteiger partial charge in [0.2, 0.25) is 0 Å². The van der Waals surface area contributed by atoms with E-state index in [2.05, 4.69) is 22.0 Å². The zero-order valence-corrected chi connectivity index (χ0v) is 11.1. The highest BCUT2D eigenvalue weighted by Crippen LogP contribution is 2.16. The minimum atomic E-state index is -2.76. The number of rotatable bonds is 6. The lowest BCUT2D eigenvalue weighted by atomic mass is 10.1. The van der Waals surface area contributed by atoms with Gasteiger partial charge in [-0.1, -0.05) is 12.1 Å². The van der Waals surface area contributed by atoms with Gasteiger partial charge in [-0.3, -0.25) is 0 Å². The third-order valence-electron chi connectivity index (χ3n) is 3.40. The number of benzene rings is 1. The molecule has 1 N–H and O–H groups in total. The van der Waals surface area contributed by atoms with E-state index in [1.165, 1.54) is 13.0 Å². The van der Waals surface area contributed by atoms with E-state index < -0.39 is 6.61 Å². The summed E-state index contributed by atoms with van der Waals surface area (Å²) in [4.78, 5) is 2.34. The molecule has 3 nitrogen and oxygen atoms in total. The van der Waals surface area contributed by atoms with Crippen molar-refractivity contribution in [1.29, 1.82) is 0 Å². The van der Waals surface area contributed by atoms with E-state index in [1.807, 2.05) is 12.1 Å². The summed E-state index contributed by atoms with van der Waals surface area (Å²) >= 11 is 0. The summed E-state index contributed by atoms with van der Waals surface area (Å²) in [6.07, 6.45) is 1.24. The van der Waals surface area contributed by atoms with E-state index in [0.717, 1.165) is 25.2 Å². The van der Waals surface area contributed by atoms with E-state index in [9.17, 15) is 8.78 Å². The fourth-order valence-corrected chi connectivity index (χ4v) is 2.40. The third kappa shape index (κ3) is 4.76. The van der Waals surface area contributed by atoms with Crippen molar-refractivity contribution < 1.29 is 13.5 Å². The third-order valence-corrected chi connectivity index (χ3v) is 3.40. The molecule has 0 spiro atoms. The summed E-state index contributed by atoms with van der Waals surface area (Å²) in [6, 6.07) is 6.77. The minimum absolute atomic E-state index is 0.205. The summed E-state index contributed by atoms with van der Waals surface area (Å²) < 4.78 is 28.3. The van der Waals surface area contributed by atoms with Gasteiger partial charge in [-0.25, -0.2) is 0 Å². The molecule has 1 aromatic rings. The normalized spacial score (nSPS) is 20.1. The Labute approximate surface area is 112 Å². The molecule has 5 heteroatoms. The van der Waals surface area contributed by atoms with Crippen molar-refractivity contribution in [1.82, 2.24) is 10.2 Å². The molecule has 19 heavy (non-hydrogen) atoms. The van der Waals surface area contributed by atoms with Crippen LogP contribution in [0.1, 0.15) is 12.0 Å². The van der Waals surface area contributed by atoms with Crippen molar-refractivity contribution in [3.8, 4) is 5.75 Å². The standard InChI is InChI=1S/C14H20F2N2O/c1-18-7-6-12(10-18)9-17-8-11-2-4-13(5-3-11)19-14(15)16/h2-5,12,14,17H,6-10H2,1H3. The first kappa shape index (κ1) is 14.2. The maximum atomic E-state index is 12.0. The highest BCUT2D eigenvalue weighted by atomic mass is 19.3. The number of nitrogens with one attached hydrogen (secondary N) is 1. The minimum Gasteiger partial charge on any atom is -0.435 e. The summed E-state index contributed by atoms with van der Waals surface area (Å²) in [7, 11) is 2.14. The van der Waals surface area contributed by atoms with Gasteiger partial charge in [0.1, 0.15) is 5.75 Å². The number of alkyl halides is 2. The number of halogens is 2. The van der Waals surface area contributed by atoms with E-state index in [4.69, 9.17) is 0 Å². The Bertz CT molecular complexity index is 384. The van der Waals surface area contributed by atoms with Gasteiger partial charge in [0.25, 0.3) is 0 Å². The second-order valence-electron chi connectivity index (χ2n) is 5.07. The molecule has 1 aliphatic rings. The molecule has 0 radical (unpaired) electrons. The van der Waals surface area contributed by atoms with Crippen molar-refractivity contribution in [3.05, 3.63) is 29.8 Å². The predicted molar refractivity (Wildman–Crippen MR) is 70.4 cm³/mol. The van der Waals surface area contributed by atoms with Gasteiger partial charge in [-0.05, 0) is 50.2 Å². The summed E-state index contributed by atoms with van der Waals surface area (Å²) in [5, 5.41) is 3.41. The van der Waals surface area contributed by atoms with Crippen LogP contribution in [0, 0.1) is 5.92 Å². The van der Waals surface area contributed by atoms with Crippen LogP contribution < -0.4 is 10.1 Å². The van der Waals surface area contributed by atoms with Crippen molar-refractivity contribution >= 4 is 0 Å². The molecule has 0 aromatic heterocycles. The largest absolute Gasteiger partial charge is 0.435 e. The van der Waals surface area contributed by atoms with Crippen LogP contribution in [0.15, 0.2) is 24.3 Å². The average Bonchev–Trinajstić information content (AvgIpc) is 2.77. The molecule has 1 atom stereocenters. The monoisotopic (exact) mass is 270 g/mol. The van der Waals surface area contributed by atoms with Crippen LogP contribution >= 0.6 is 0 Å². The second kappa shape index (κ2) is 6.82. The van der Waals surface area contributed by atoms with E-state index in [-0.39, 0.29) is 5.75 Å². The summed E-state index contributed by atoms with van der Waals surface area (Å²) in [6.45, 7) is 1.32. The van der Waals surface area contributed by atoms with E-state index >= 15 is 0 Å². The van der Waals surface area contributed by atoms with E-state index in [1.54, 1.807) is 12.1 Å². The number of ether oxygens (including phenoxy) is 1. The van der Waals surface area contributed by atoms with Crippen LogP contribution in [0.3, 0.4) is 0 Å². The number of hydrogen-bond acceptors (Lipinski definition) is 3. The van der Waals surface area contributed by atoms with Crippen LogP contribution in [-0.4, -0.2) is 38.2 Å². The molecular weight excluding hydrogens is 250 g/mol. The Morgan fingerprint density at radius 1 is 1.37 bits per heavy atom. The molecule has 1 unspecified atom stereocenters. The van der Waals surface area contributed by atoms with Gasteiger partial charge in [0, 0.05) is 13.1 Å². The van der Waals surface area contributed by atoms with Gasteiger partial charge in [-0.15, -0.1) is 0 Å². The molecular formula is C14H20F2N2O. The van der Waals surface area contributed by atoms with Crippen LogP contribution in [0.2, 0.25) is 0 Å². The molecule has 1 aromatic carbocycles. The number of hydrogen-bond donors (Lipinski definition) is 1. The molecule has 0 amide bonds. The zero-order chi connectivity index (χ0) is 13.7. The quantitative estimate of drug-likeness (QED) is 0.858. The first-order valence-corrected chi connectivity index (χ1v) is 6.56. The summed E-state index contributed by atoms with van der Waals surface area (Å²) in [5.41, 5.74) is 1.08. The topological polar surface area (TPSA) is 24.5 Å².